The predicted molar refractivity (Wildman–Crippen MR) is 107 cm³/mol. The number of aromatic hydroxyl groups is 1. The van der Waals surface area contributed by atoms with E-state index in [-0.39, 0.29) is 29.8 Å². The SMILES string of the molecule is CCCCCn1c(O)c(C(=O)COc2cc(C)cc(C)c2)c(C)c(C#N)c1=O. The quantitative estimate of drug-likeness (QED) is 0.554. The maximum absolute atomic E-state index is 12.8. The van der Waals surface area contributed by atoms with Gasteiger partial charge in [0.1, 0.15) is 17.4 Å². The number of carbonyl (C=O) groups is 1. The minimum atomic E-state index is -0.569. The van der Waals surface area contributed by atoms with Gasteiger partial charge in [0.05, 0.1) is 5.56 Å². The van der Waals surface area contributed by atoms with Gasteiger partial charge in [-0.25, -0.2) is 0 Å². The summed E-state index contributed by atoms with van der Waals surface area (Å²) in [7, 11) is 0. The molecule has 0 spiro atoms. The fourth-order valence-corrected chi connectivity index (χ4v) is 3.25. The van der Waals surface area contributed by atoms with Crippen LogP contribution in [0.1, 0.15) is 58.8 Å². The summed E-state index contributed by atoms with van der Waals surface area (Å²) >= 11 is 0. The first-order valence-electron chi connectivity index (χ1n) is 9.40. The summed E-state index contributed by atoms with van der Waals surface area (Å²) in [6.45, 7) is 7.35. The summed E-state index contributed by atoms with van der Waals surface area (Å²) in [5.74, 6) is -0.318. The Hall–Kier alpha value is -3.07. The molecule has 148 valence electrons. The maximum Gasteiger partial charge on any atom is 0.271 e. The molecule has 0 aliphatic rings. The number of unbranched alkanes of at least 4 members (excludes halogenated alkanes) is 2. The van der Waals surface area contributed by atoms with Crippen LogP contribution in [0.4, 0.5) is 0 Å². The number of hydrogen-bond acceptors (Lipinski definition) is 5. The molecule has 0 saturated heterocycles. The van der Waals surface area contributed by atoms with Crippen LogP contribution in [0.3, 0.4) is 0 Å². The van der Waals surface area contributed by atoms with Crippen LogP contribution in [0.5, 0.6) is 11.6 Å². The Balaban J connectivity index is 2.37. The highest BCUT2D eigenvalue weighted by Gasteiger charge is 2.24. The van der Waals surface area contributed by atoms with Gasteiger partial charge in [-0.1, -0.05) is 25.8 Å². The monoisotopic (exact) mass is 382 g/mol. The lowest BCUT2D eigenvalue weighted by atomic mass is 10.0. The highest BCUT2D eigenvalue weighted by Crippen LogP contribution is 2.24. The third kappa shape index (κ3) is 4.61. The van der Waals surface area contributed by atoms with Crippen molar-refractivity contribution in [2.45, 2.75) is 53.5 Å². The fraction of sp³-hybridized carbons (Fsp3) is 0.409. The fourth-order valence-electron chi connectivity index (χ4n) is 3.25. The van der Waals surface area contributed by atoms with E-state index in [9.17, 15) is 20.0 Å². The van der Waals surface area contributed by atoms with Gasteiger partial charge >= 0.3 is 0 Å². The zero-order chi connectivity index (χ0) is 20.8. The third-order valence-electron chi connectivity index (χ3n) is 4.63. The molecule has 1 aromatic heterocycles. The summed E-state index contributed by atoms with van der Waals surface area (Å²) in [6, 6.07) is 7.50. The van der Waals surface area contributed by atoms with Crippen molar-refractivity contribution in [3.05, 3.63) is 56.4 Å². The van der Waals surface area contributed by atoms with Crippen molar-refractivity contribution in [1.82, 2.24) is 4.57 Å². The van der Waals surface area contributed by atoms with E-state index in [4.69, 9.17) is 4.74 Å². The van der Waals surface area contributed by atoms with Crippen LogP contribution in [0.25, 0.3) is 0 Å². The minimum Gasteiger partial charge on any atom is -0.494 e. The van der Waals surface area contributed by atoms with Gasteiger partial charge in [-0.2, -0.15) is 5.26 Å². The number of benzene rings is 1. The normalized spacial score (nSPS) is 10.5. The molecule has 0 bridgehead atoms. The number of Topliss-reactive ketones (excluding diaryl/α,β-unsaturated/α-hetero) is 1. The third-order valence-corrected chi connectivity index (χ3v) is 4.63. The van der Waals surface area contributed by atoms with Gasteiger partial charge in [0.15, 0.2) is 6.61 Å². The van der Waals surface area contributed by atoms with Crippen LogP contribution in [-0.2, 0) is 6.54 Å². The van der Waals surface area contributed by atoms with E-state index in [2.05, 4.69) is 0 Å². The van der Waals surface area contributed by atoms with Crippen molar-refractivity contribution in [3.8, 4) is 17.7 Å². The molecular weight excluding hydrogens is 356 g/mol. The van der Waals surface area contributed by atoms with Crippen molar-refractivity contribution < 1.29 is 14.6 Å². The minimum absolute atomic E-state index is 0.0305. The Morgan fingerprint density at radius 1 is 1.18 bits per heavy atom. The molecule has 1 N–H and O–H groups in total. The summed E-state index contributed by atoms with van der Waals surface area (Å²) in [5, 5.41) is 20.0. The molecule has 0 aliphatic carbocycles. The highest BCUT2D eigenvalue weighted by molar-refractivity contribution is 6.01. The molecular formula is C22H26N2O4. The first-order chi connectivity index (χ1) is 13.3. The van der Waals surface area contributed by atoms with Crippen LogP contribution in [0.15, 0.2) is 23.0 Å². The van der Waals surface area contributed by atoms with Crippen molar-refractivity contribution in [2.75, 3.05) is 6.61 Å². The smallest absolute Gasteiger partial charge is 0.271 e. The summed E-state index contributed by atoms with van der Waals surface area (Å²) in [4.78, 5) is 25.3. The number of hydrogen-bond donors (Lipinski definition) is 1. The van der Waals surface area contributed by atoms with Crippen LogP contribution in [0, 0.1) is 32.1 Å². The second-order valence-corrected chi connectivity index (χ2v) is 7.01. The lowest BCUT2D eigenvalue weighted by molar-refractivity contribution is 0.0916. The van der Waals surface area contributed by atoms with E-state index < -0.39 is 17.2 Å². The van der Waals surface area contributed by atoms with Gasteiger partial charge in [-0.3, -0.25) is 14.2 Å². The van der Waals surface area contributed by atoms with Gasteiger partial charge in [0, 0.05) is 6.54 Å². The lowest BCUT2D eigenvalue weighted by Gasteiger charge is -2.16. The molecule has 0 radical (unpaired) electrons. The first-order valence-corrected chi connectivity index (χ1v) is 9.40. The number of pyridine rings is 1. The zero-order valence-electron chi connectivity index (χ0n) is 16.8. The molecule has 2 rings (SSSR count). The number of ether oxygens (including phenoxy) is 1. The van der Waals surface area contributed by atoms with E-state index in [1.165, 1.54) is 6.92 Å². The van der Waals surface area contributed by atoms with Crippen molar-refractivity contribution in [2.24, 2.45) is 0 Å². The van der Waals surface area contributed by atoms with Gasteiger partial charge in [-0.15, -0.1) is 0 Å². The molecule has 1 aromatic carbocycles. The van der Waals surface area contributed by atoms with Crippen LogP contribution < -0.4 is 10.3 Å². The number of ketones is 1. The number of rotatable bonds is 8. The van der Waals surface area contributed by atoms with Gasteiger partial charge < -0.3 is 9.84 Å². The molecule has 6 nitrogen and oxygen atoms in total. The Kier molecular flexibility index (Phi) is 7.00. The van der Waals surface area contributed by atoms with Crippen molar-refractivity contribution >= 4 is 5.78 Å². The standard InChI is InChI=1S/C22H26N2O4/c1-5-6-7-8-24-21(26)18(12-23)16(4)20(22(24)27)19(25)13-28-17-10-14(2)9-15(3)11-17/h9-11,27H,5-8,13H2,1-4H3. The molecule has 2 aromatic rings. The summed E-state index contributed by atoms with van der Waals surface area (Å²) in [6.07, 6.45) is 2.49. The molecule has 28 heavy (non-hydrogen) atoms. The van der Waals surface area contributed by atoms with Crippen LogP contribution in [-0.4, -0.2) is 22.1 Å². The molecule has 0 unspecified atom stereocenters. The largest absolute Gasteiger partial charge is 0.494 e. The van der Waals surface area contributed by atoms with E-state index >= 15 is 0 Å². The van der Waals surface area contributed by atoms with Gasteiger partial charge in [0.2, 0.25) is 11.7 Å². The van der Waals surface area contributed by atoms with E-state index in [0.29, 0.717) is 12.2 Å². The second kappa shape index (κ2) is 9.23. The molecule has 6 heteroatoms. The van der Waals surface area contributed by atoms with Crippen LogP contribution in [0.2, 0.25) is 0 Å². The van der Waals surface area contributed by atoms with Gasteiger partial charge in [-0.05, 0) is 56.0 Å². The molecule has 0 fully saturated rings. The molecule has 1 heterocycles. The van der Waals surface area contributed by atoms with Gasteiger partial charge in [0.25, 0.3) is 5.56 Å². The Morgan fingerprint density at radius 2 is 1.82 bits per heavy atom. The summed E-state index contributed by atoms with van der Waals surface area (Å²) in [5.41, 5.74) is 1.49. The van der Waals surface area contributed by atoms with E-state index in [0.717, 1.165) is 28.5 Å². The number of nitriles is 1. The Bertz CT molecular complexity index is 963. The molecule has 0 saturated carbocycles. The average Bonchev–Trinajstić information content (AvgIpc) is 2.62. The summed E-state index contributed by atoms with van der Waals surface area (Å²) < 4.78 is 6.72. The van der Waals surface area contributed by atoms with Crippen molar-refractivity contribution in [3.63, 3.8) is 0 Å². The van der Waals surface area contributed by atoms with E-state index in [1.807, 2.05) is 45.0 Å². The highest BCUT2D eigenvalue weighted by atomic mass is 16.5. The molecule has 0 amide bonds. The van der Waals surface area contributed by atoms with Crippen molar-refractivity contribution in [1.29, 1.82) is 5.26 Å². The Morgan fingerprint density at radius 3 is 2.39 bits per heavy atom. The predicted octanol–water partition coefficient (Wildman–Crippen LogP) is 3.80. The number of aromatic nitrogens is 1. The number of nitrogens with zero attached hydrogens (tertiary/aromatic N) is 2. The maximum atomic E-state index is 12.8. The first kappa shape index (κ1) is 21.2. The second-order valence-electron chi connectivity index (χ2n) is 7.01. The number of aryl methyl sites for hydroxylation is 2. The average molecular weight is 382 g/mol. The molecule has 0 aliphatic heterocycles. The lowest BCUT2D eigenvalue weighted by Crippen LogP contribution is -2.27. The number of carbonyl (C=O) groups excluding carboxylic acids is 1. The Labute approximate surface area is 165 Å². The molecule has 0 atom stereocenters. The van der Waals surface area contributed by atoms with Crippen LogP contribution >= 0.6 is 0 Å². The topological polar surface area (TPSA) is 92.3 Å². The zero-order valence-corrected chi connectivity index (χ0v) is 16.8. The van der Waals surface area contributed by atoms with E-state index in [1.54, 1.807) is 0 Å².